The molecule has 1 fully saturated rings. The zero-order valence-corrected chi connectivity index (χ0v) is 19.7. The first-order valence-corrected chi connectivity index (χ1v) is 11.2. The molecule has 1 heterocycles. The van der Waals surface area contributed by atoms with Gasteiger partial charge >= 0.3 is 18.4 Å². The lowest BCUT2D eigenvalue weighted by Crippen LogP contribution is -2.67. The largest absolute Gasteiger partial charge is 0.416 e. The molecule has 2 amide bonds. The van der Waals surface area contributed by atoms with E-state index in [9.17, 15) is 40.3 Å². The van der Waals surface area contributed by atoms with Crippen molar-refractivity contribution in [3.8, 4) is 0 Å². The minimum absolute atomic E-state index is 0.0223. The first-order valence-electron chi connectivity index (χ1n) is 11.2. The van der Waals surface area contributed by atoms with Crippen LogP contribution >= 0.6 is 0 Å². The summed E-state index contributed by atoms with van der Waals surface area (Å²) in [7, 11) is 0. The third-order valence-corrected chi connectivity index (χ3v) is 6.22. The van der Waals surface area contributed by atoms with Crippen molar-refractivity contribution >= 4 is 11.8 Å². The van der Waals surface area contributed by atoms with Crippen LogP contribution in [0.4, 0.5) is 35.5 Å². The summed E-state index contributed by atoms with van der Waals surface area (Å²) in [5, 5.41) is 5.52. The van der Waals surface area contributed by atoms with E-state index in [1.807, 2.05) is 0 Å². The van der Waals surface area contributed by atoms with Gasteiger partial charge in [0.05, 0.1) is 17.7 Å². The van der Waals surface area contributed by atoms with E-state index in [1.165, 1.54) is 17.0 Å². The number of hydrogen-bond donors (Lipinski definition) is 3. The van der Waals surface area contributed by atoms with Crippen LogP contribution in [0.1, 0.15) is 27.8 Å². The molecular formula is C24H25F7N4O2. The van der Waals surface area contributed by atoms with E-state index in [4.69, 9.17) is 5.73 Å². The molecule has 2 aromatic rings. The minimum atomic E-state index is -4.99. The number of halogens is 7. The summed E-state index contributed by atoms with van der Waals surface area (Å²) in [4.78, 5) is 27.5. The van der Waals surface area contributed by atoms with Crippen molar-refractivity contribution in [2.24, 2.45) is 5.73 Å². The molecule has 37 heavy (non-hydrogen) atoms. The summed E-state index contributed by atoms with van der Waals surface area (Å²) >= 11 is 0. The highest BCUT2D eigenvalue weighted by Crippen LogP contribution is 2.37. The standard InChI is InChI=1S/C24H25F7N4O2/c1-14-8-18(25)2-3-19(14)22(20(36)12-32)13-33-6-7-35(22)21(37)34-5-4-15-9-16(23(26,27)28)11-17(10-15)24(29,30)31/h2-3,8-11,33H,4-7,12-13,32H2,1H3,(H,34,37)/t22-/m1/s1. The maximum Gasteiger partial charge on any atom is 0.416 e. The Bertz CT molecular complexity index is 1130. The van der Waals surface area contributed by atoms with Gasteiger partial charge < -0.3 is 21.3 Å². The van der Waals surface area contributed by atoms with Gasteiger partial charge in [0.15, 0.2) is 5.78 Å². The highest BCUT2D eigenvalue weighted by molar-refractivity contribution is 5.95. The summed E-state index contributed by atoms with van der Waals surface area (Å²) in [6.07, 6.45) is -10.3. The number of urea groups is 1. The van der Waals surface area contributed by atoms with Gasteiger partial charge in [0.1, 0.15) is 11.4 Å². The van der Waals surface area contributed by atoms with Crippen molar-refractivity contribution in [2.45, 2.75) is 31.2 Å². The predicted molar refractivity (Wildman–Crippen MR) is 120 cm³/mol. The average Bonchev–Trinajstić information content (AvgIpc) is 2.82. The zero-order chi connectivity index (χ0) is 27.6. The molecule has 2 aromatic carbocycles. The normalized spacial score (nSPS) is 18.6. The molecule has 202 valence electrons. The Morgan fingerprint density at radius 1 is 1.05 bits per heavy atom. The third-order valence-electron chi connectivity index (χ3n) is 6.22. The van der Waals surface area contributed by atoms with E-state index < -0.39 is 53.2 Å². The Morgan fingerprint density at radius 3 is 2.22 bits per heavy atom. The molecule has 0 spiro atoms. The number of carbonyl (C=O) groups is 2. The molecule has 4 N–H and O–H groups in total. The smallest absolute Gasteiger partial charge is 0.338 e. The van der Waals surface area contributed by atoms with Crippen LogP contribution in [0.15, 0.2) is 36.4 Å². The third kappa shape index (κ3) is 6.04. The van der Waals surface area contributed by atoms with Gasteiger partial charge in [-0.1, -0.05) is 6.07 Å². The van der Waals surface area contributed by atoms with Crippen LogP contribution in [0, 0.1) is 12.7 Å². The Balaban J connectivity index is 1.86. The summed E-state index contributed by atoms with van der Waals surface area (Å²) in [6, 6.07) is 4.18. The summed E-state index contributed by atoms with van der Waals surface area (Å²) in [5.74, 6) is -1.08. The molecule has 1 aliphatic rings. The van der Waals surface area contributed by atoms with Gasteiger partial charge in [-0.25, -0.2) is 9.18 Å². The Kier molecular flexibility index (Phi) is 8.18. The van der Waals surface area contributed by atoms with Crippen LogP contribution in [0.3, 0.4) is 0 Å². The van der Waals surface area contributed by atoms with Crippen molar-refractivity contribution < 1.29 is 40.3 Å². The number of ketones is 1. The van der Waals surface area contributed by atoms with Gasteiger partial charge in [-0.15, -0.1) is 0 Å². The Hall–Kier alpha value is -3.19. The van der Waals surface area contributed by atoms with Crippen molar-refractivity contribution in [3.63, 3.8) is 0 Å². The van der Waals surface area contributed by atoms with Crippen molar-refractivity contribution in [3.05, 3.63) is 70.0 Å². The minimum Gasteiger partial charge on any atom is -0.338 e. The van der Waals surface area contributed by atoms with E-state index in [0.717, 1.165) is 6.07 Å². The molecule has 0 bridgehead atoms. The van der Waals surface area contributed by atoms with Crippen LogP contribution in [-0.2, 0) is 29.1 Å². The highest BCUT2D eigenvalue weighted by atomic mass is 19.4. The molecule has 0 saturated carbocycles. The number of Topliss-reactive ketones (excluding diaryl/α,β-unsaturated/α-hetero) is 1. The molecule has 6 nitrogen and oxygen atoms in total. The predicted octanol–water partition coefficient (Wildman–Crippen LogP) is 3.75. The number of benzene rings is 2. The van der Waals surface area contributed by atoms with Crippen LogP contribution in [0.2, 0.25) is 0 Å². The van der Waals surface area contributed by atoms with E-state index in [-0.39, 0.29) is 37.7 Å². The van der Waals surface area contributed by atoms with Crippen LogP contribution in [-0.4, -0.2) is 49.4 Å². The van der Waals surface area contributed by atoms with Crippen LogP contribution in [0.5, 0.6) is 0 Å². The molecule has 3 rings (SSSR count). The quantitative estimate of drug-likeness (QED) is 0.493. The number of nitrogens with one attached hydrogen (secondary N) is 2. The molecule has 1 saturated heterocycles. The highest BCUT2D eigenvalue weighted by Gasteiger charge is 2.49. The molecule has 0 aliphatic carbocycles. The number of hydrogen-bond acceptors (Lipinski definition) is 4. The fourth-order valence-electron chi connectivity index (χ4n) is 4.49. The van der Waals surface area contributed by atoms with Gasteiger partial charge in [0.25, 0.3) is 0 Å². The topological polar surface area (TPSA) is 87.5 Å². The lowest BCUT2D eigenvalue weighted by Gasteiger charge is -2.47. The fraction of sp³-hybridized carbons (Fsp3) is 0.417. The lowest BCUT2D eigenvalue weighted by molar-refractivity contribution is -0.143. The van der Waals surface area contributed by atoms with Crippen molar-refractivity contribution in [1.29, 1.82) is 0 Å². The lowest BCUT2D eigenvalue weighted by atomic mass is 9.80. The summed E-state index contributed by atoms with van der Waals surface area (Å²) in [6.45, 7) is 1.14. The van der Waals surface area contributed by atoms with Gasteiger partial charge in [-0.2, -0.15) is 26.3 Å². The molecule has 0 aromatic heterocycles. The van der Waals surface area contributed by atoms with E-state index in [0.29, 0.717) is 29.8 Å². The van der Waals surface area contributed by atoms with Gasteiger partial charge in [0, 0.05) is 26.2 Å². The molecular weight excluding hydrogens is 509 g/mol. The number of alkyl halides is 6. The first kappa shape index (κ1) is 28.4. The maximum atomic E-state index is 13.8. The van der Waals surface area contributed by atoms with Crippen molar-refractivity contribution in [2.75, 3.05) is 32.7 Å². The Labute approximate surface area is 208 Å². The second kappa shape index (κ2) is 10.7. The fourth-order valence-corrected chi connectivity index (χ4v) is 4.49. The van der Waals surface area contributed by atoms with Crippen LogP contribution in [0.25, 0.3) is 0 Å². The van der Waals surface area contributed by atoms with Gasteiger partial charge in [0.2, 0.25) is 0 Å². The second-order valence-electron chi connectivity index (χ2n) is 8.67. The molecule has 13 heteroatoms. The summed E-state index contributed by atoms with van der Waals surface area (Å²) < 4.78 is 92.5. The Morgan fingerprint density at radius 2 is 1.68 bits per heavy atom. The number of amides is 2. The van der Waals surface area contributed by atoms with Gasteiger partial charge in [-0.05, 0) is 60.4 Å². The zero-order valence-electron chi connectivity index (χ0n) is 19.7. The maximum absolute atomic E-state index is 13.8. The van der Waals surface area contributed by atoms with Gasteiger partial charge in [-0.3, -0.25) is 4.79 Å². The SMILES string of the molecule is Cc1cc(F)ccc1[C@@]1(C(=O)CN)CNCCN1C(=O)NCCc1cc(C(F)(F)F)cc(C(F)(F)F)c1. The molecule has 0 radical (unpaired) electrons. The van der Waals surface area contributed by atoms with E-state index in [1.54, 1.807) is 6.92 Å². The molecule has 1 atom stereocenters. The number of aryl methyl sites for hydroxylation is 1. The molecule has 1 aliphatic heterocycles. The number of rotatable bonds is 6. The second-order valence-corrected chi connectivity index (χ2v) is 8.67. The van der Waals surface area contributed by atoms with E-state index in [2.05, 4.69) is 10.6 Å². The van der Waals surface area contributed by atoms with E-state index >= 15 is 0 Å². The first-order chi connectivity index (χ1) is 17.2. The van der Waals surface area contributed by atoms with Crippen molar-refractivity contribution in [1.82, 2.24) is 15.5 Å². The molecule has 0 unspecified atom stereocenters. The number of piperazine rings is 1. The summed E-state index contributed by atoms with van der Waals surface area (Å²) in [5.41, 5.74) is 1.62. The monoisotopic (exact) mass is 534 g/mol. The number of nitrogens with two attached hydrogens (primary N) is 1. The average molecular weight is 534 g/mol. The number of nitrogens with zero attached hydrogens (tertiary/aromatic N) is 1. The number of carbonyl (C=O) groups excluding carboxylic acids is 2. The van der Waals surface area contributed by atoms with Crippen LogP contribution < -0.4 is 16.4 Å².